The number of aryl methyl sites for hydroxylation is 2. The largest absolute Gasteiger partial charge is 0.324 e. The average Bonchev–Trinajstić information content (AvgIpc) is 2.59. The van der Waals surface area contributed by atoms with Gasteiger partial charge in [-0.2, -0.15) is 5.10 Å². The predicted octanol–water partition coefficient (Wildman–Crippen LogP) is 3.88. The monoisotopic (exact) mass is 251 g/mol. The summed E-state index contributed by atoms with van der Waals surface area (Å²) in [4.78, 5) is 0. The molecule has 0 saturated carbocycles. The number of hydrogen-bond acceptors (Lipinski definition) is 2. The van der Waals surface area contributed by atoms with Crippen molar-refractivity contribution >= 4 is 0 Å². The molecule has 1 aromatic heterocycles. The molecule has 0 spiro atoms. The first-order valence-electron chi connectivity index (χ1n) is 7.37. The van der Waals surface area contributed by atoms with Gasteiger partial charge >= 0.3 is 0 Å². The summed E-state index contributed by atoms with van der Waals surface area (Å²) in [5.74, 6) is 0. The average molecular weight is 251 g/mol. The van der Waals surface area contributed by atoms with E-state index in [0.29, 0.717) is 0 Å². The van der Waals surface area contributed by atoms with Gasteiger partial charge in [-0.1, -0.05) is 39.0 Å². The van der Waals surface area contributed by atoms with Gasteiger partial charge in [-0.3, -0.25) is 4.68 Å². The van der Waals surface area contributed by atoms with Crippen LogP contribution >= 0.6 is 0 Å². The Morgan fingerprint density at radius 1 is 1.11 bits per heavy atom. The molecule has 0 bridgehead atoms. The molecule has 0 aliphatic rings. The topological polar surface area (TPSA) is 43.8 Å². The van der Waals surface area contributed by atoms with Crippen LogP contribution in [0, 0.1) is 13.8 Å². The third kappa shape index (κ3) is 4.13. The minimum atomic E-state index is 0.0864. The van der Waals surface area contributed by atoms with Crippen molar-refractivity contribution in [2.24, 2.45) is 5.73 Å². The highest BCUT2D eigenvalue weighted by Gasteiger charge is 2.13. The highest BCUT2D eigenvalue weighted by molar-refractivity contribution is 5.27. The van der Waals surface area contributed by atoms with Crippen LogP contribution in [0.15, 0.2) is 0 Å². The molecule has 1 aromatic rings. The number of nitrogens with zero attached hydrogens (tertiary/aromatic N) is 2. The van der Waals surface area contributed by atoms with Gasteiger partial charge in [0.1, 0.15) is 0 Å². The van der Waals surface area contributed by atoms with Crippen LogP contribution in [0.25, 0.3) is 0 Å². The fraction of sp³-hybridized carbons (Fsp3) is 0.800. The molecule has 1 rings (SSSR count). The zero-order chi connectivity index (χ0) is 13.5. The van der Waals surface area contributed by atoms with Crippen molar-refractivity contribution in [1.29, 1.82) is 0 Å². The van der Waals surface area contributed by atoms with E-state index in [1.165, 1.54) is 49.8 Å². The quantitative estimate of drug-likeness (QED) is 0.713. The minimum absolute atomic E-state index is 0.0864. The number of rotatable bonds is 8. The summed E-state index contributed by atoms with van der Waals surface area (Å²) in [5.41, 5.74) is 9.55. The Morgan fingerprint density at radius 3 is 2.28 bits per heavy atom. The Kier molecular flexibility index (Phi) is 6.41. The van der Waals surface area contributed by atoms with Gasteiger partial charge in [-0.25, -0.2) is 0 Å². The van der Waals surface area contributed by atoms with E-state index in [4.69, 9.17) is 5.73 Å². The molecule has 0 fully saturated rings. The smallest absolute Gasteiger partial charge is 0.0644 e. The highest BCUT2D eigenvalue weighted by Crippen LogP contribution is 2.19. The first-order chi connectivity index (χ1) is 8.57. The second-order valence-corrected chi connectivity index (χ2v) is 5.36. The van der Waals surface area contributed by atoms with Gasteiger partial charge in [0.2, 0.25) is 0 Å². The van der Waals surface area contributed by atoms with Gasteiger partial charge in [0.05, 0.1) is 5.69 Å². The Hall–Kier alpha value is -0.830. The normalized spacial score (nSPS) is 12.9. The van der Waals surface area contributed by atoms with Gasteiger partial charge in [-0.05, 0) is 27.2 Å². The third-order valence-corrected chi connectivity index (χ3v) is 3.62. The lowest BCUT2D eigenvalue weighted by atomic mass is 10.1. The molecule has 0 amide bonds. The van der Waals surface area contributed by atoms with Crippen LogP contribution in [0.2, 0.25) is 0 Å². The zero-order valence-corrected chi connectivity index (χ0v) is 12.5. The lowest BCUT2D eigenvalue weighted by Crippen LogP contribution is -2.08. The number of nitrogens with two attached hydrogens (primary N) is 1. The van der Waals surface area contributed by atoms with E-state index in [-0.39, 0.29) is 6.04 Å². The lowest BCUT2D eigenvalue weighted by molar-refractivity contribution is 0.517. The van der Waals surface area contributed by atoms with Crippen molar-refractivity contribution in [3.8, 4) is 0 Å². The van der Waals surface area contributed by atoms with Crippen LogP contribution in [-0.2, 0) is 6.54 Å². The number of aromatic nitrogens is 2. The molecule has 0 saturated heterocycles. The maximum absolute atomic E-state index is 5.99. The molecule has 1 heterocycles. The van der Waals surface area contributed by atoms with Crippen LogP contribution in [-0.4, -0.2) is 9.78 Å². The van der Waals surface area contributed by atoms with E-state index in [1.807, 2.05) is 6.92 Å². The summed E-state index contributed by atoms with van der Waals surface area (Å²) in [7, 11) is 0. The van der Waals surface area contributed by atoms with Gasteiger partial charge < -0.3 is 5.73 Å². The Morgan fingerprint density at radius 2 is 1.72 bits per heavy atom. The maximum Gasteiger partial charge on any atom is 0.0644 e. The van der Waals surface area contributed by atoms with Gasteiger partial charge in [0.15, 0.2) is 0 Å². The summed E-state index contributed by atoms with van der Waals surface area (Å²) >= 11 is 0. The molecule has 0 aliphatic heterocycles. The molecular weight excluding hydrogens is 222 g/mol. The van der Waals surface area contributed by atoms with E-state index in [9.17, 15) is 0 Å². The minimum Gasteiger partial charge on any atom is -0.324 e. The zero-order valence-electron chi connectivity index (χ0n) is 12.5. The molecule has 18 heavy (non-hydrogen) atoms. The number of hydrogen-bond donors (Lipinski definition) is 1. The first kappa shape index (κ1) is 15.2. The molecular formula is C15H29N3. The fourth-order valence-corrected chi connectivity index (χ4v) is 2.63. The van der Waals surface area contributed by atoms with Crippen molar-refractivity contribution in [3.63, 3.8) is 0 Å². The predicted molar refractivity (Wildman–Crippen MR) is 77.7 cm³/mol. The molecule has 0 aromatic carbocycles. The van der Waals surface area contributed by atoms with E-state index in [0.717, 1.165) is 12.2 Å². The standard InChI is InChI=1S/C15H29N3/c1-5-6-7-8-9-10-11-18-14(4)15(12(2)16)13(3)17-18/h12H,5-11,16H2,1-4H3. The summed E-state index contributed by atoms with van der Waals surface area (Å²) in [6.45, 7) is 9.52. The number of unbranched alkanes of at least 4 members (excludes halogenated alkanes) is 5. The molecule has 1 unspecified atom stereocenters. The van der Waals surface area contributed by atoms with Crippen molar-refractivity contribution in [2.45, 2.75) is 78.8 Å². The van der Waals surface area contributed by atoms with Crippen LogP contribution in [0.3, 0.4) is 0 Å². The SMILES string of the molecule is CCCCCCCCn1nc(C)c(C(C)N)c1C. The molecule has 3 nitrogen and oxygen atoms in total. The van der Waals surface area contributed by atoms with E-state index in [1.54, 1.807) is 0 Å². The first-order valence-corrected chi connectivity index (χ1v) is 7.37. The molecule has 2 N–H and O–H groups in total. The van der Waals surface area contributed by atoms with Gasteiger partial charge in [0, 0.05) is 23.8 Å². The van der Waals surface area contributed by atoms with Crippen molar-refractivity contribution in [3.05, 3.63) is 17.0 Å². The Balaban J connectivity index is 2.41. The second kappa shape index (κ2) is 7.57. The Labute approximate surface area is 112 Å². The van der Waals surface area contributed by atoms with E-state index < -0.39 is 0 Å². The molecule has 1 atom stereocenters. The second-order valence-electron chi connectivity index (χ2n) is 5.36. The van der Waals surface area contributed by atoms with Crippen LogP contribution < -0.4 is 5.73 Å². The van der Waals surface area contributed by atoms with Crippen LogP contribution in [0.1, 0.15) is 75.4 Å². The van der Waals surface area contributed by atoms with Gasteiger partial charge in [-0.15, -0.1) is 0 Å². The van der Waals surface area contributed by atoms with Crippen molar-refractivity contribution in [2.75, 3.05) is 0 Å². The molecule has 104 valence electrons. The Bertz CT molecular complexity index is 353. The van der Waals surface area contributed by atoms with Crippen LogP contribution in [0.5, 0.6) is 0 Å². The van der Waals surface area contributed by atoms with Crippen molar-refractivity contribution in [1.82, 2.24) is 9.78 Å². The summed E-state index contributed by atoms with van der Waals surface area (Å²) in [5, 5.41) is 4.60. The van der Waals surface area contributed by atoms with E-state index in [2.05, 4.69) is 30.6 Å². The molecule has 0 radical (unpaired) electrons. The van der Waals surface area contributed by atoms with Gasteiger partial charge in [0.25, 0.3) is 0 Å². The maximum atomic E-state index is 5.99. The molecule has 3 heteroatoms. The fourth-order valence-electron chi connectivity index (χ4n) is 2.63. The summed E-state index contributed by atoms with van der Waals surface area (Å²) in [6, 6.07) is 0.0864. The highest BCUT2D eigenvalue weighted by atomic mass is 15.3. The van der Waals surface area contributed by atoms with Crippen LogP contribution in [0.4, 0.5) is 0 Å². The molecule has 0 aliphatic carbocycles. The van der Waals surface area contributed by atoms with Crippen molar-refractivity contribution < 1.29 is 0 Å². The summed E-state index contributed by atoms with van der Waals surface area (Å²) < 4.78 is 2.13. The lowest BCUT2D eigenvalue weighted by Gasteiger charge is -2.07. The van der Waals surface area contributed by atoms with E-state index >= 15 is 0 Å². The third-order valence-electron chi connectivity index (χ3n) is 3.62. The summed E-state index contributed by atoms with van der Waals surface area (Å²) in [6.07, 6.45) is 7.95.